The second kappa shape index (κ2) is 8.17. The van der Waals surface area contributed by atoms with E-state index in [4.69, 9.17) is 10.00 Å². The van der Waals surface area contributed by atoms with Gasteiger partial charge in [0.1, 0.15) is 6.04 Å². The summed E-state index contributed by atoms with van der Waals surface area (Å²) >= 11 is 0. The molecule has 1 aliphatic rings. The number of hydrogen-bond donors (Lipinski definition) is 0. The quantitative estimate of drug-likeness (QED) is 0.578. The van der Waals surface area contributed by atoms with Crippen molar-refractivity contribution in [1.82, 2.24) is 4.90 Å². The van der Waals surface area contributed by atoms with Gasteiger partial charge >= 0.3 is 11.9 Å². The van der Waals surface area contributed by atoms with Crippen LogP contribution in [-0.2, 0) is 14.3 Å². The second-order valence-corrected chi connectivity index (χ2v) is 7.29. The number of carbonyl (C=O) groups is 2. The minimum atomic E-state index is -0.634. The first-order valence-electron chi connectivity index (χ1n) is 8.08. The largest absolute Gasteiger partial charge is 0.467 e. The van der Waals surface area contributed by atoms with Crippen LogP contribution >= 0.6 is 0 Å². The monoisotopic (exact) mass is 308 g/mol. The fraction of sp³-hybridized carbons (Fsp3) is 0.824. The lowest BCUT2D eigenvalue weighted by atomic mass is 9.82. The second-order valence-electron chi connectivity index (χ2n) is 7.29. The van der Waals surface area contributed by atoms with Crippen molar-refractivity contribution in [3.05, 3.63) is 0 Å². The average molecular weight is 308 g/mol. The van der Waals surface area contributed by atoms with Crippen molar-refractivity contribution in [3.63, 3.8) is 0 Å². The van der Waals surface area contributed by atoms with E-state index in [9.17, 15) is 9.59 Å². The average Bonchev–Trinajstić information content (AvgIpc) is 2.49. The molecule has 1 amide bonds. The molecule has 1 atom stereocenters. The molecule has 0 aromatic heterocycles. The van der Waals surface area contributed by atoms with Gasteiger partial charge < -0.3 is 9.64 Å². The van der Waals surface area contributed by atoms with Gasteiger partial charge in [0.2, 0.25) is 0 Å². The third-order valence-corrected chi connectivity index (χ3v) is 4.33. The number of esters is 1. The predicted molar refractivity (Wildman–Crippen MR) is 83.8 cm³/mol. The van der Waals surface area contributed by atoms with Gasteiger partial charge in [0.05, 0.1) is 7.11 Å². The van der Waals surface area contributed by atoms with Gasteiger partial charge in [-0.15, -0.1) is 0 Å². The van der Waals surface area contributed by atoms with Crippen molar-refractivity contribution in [1.29, 1.82) is 5.26 Å². The maximum absolute atomic E-state index is 12.3. The SMILES string of the molecule is COC(=O)C(C1CCCCC1)N(CCC(C)(C)C)C(=O)C#N. The molecule has 0 N–H and O–H groups in total. The number of hydrogen-bond acceptors (Lipinski definition) is 4. The zero-order chi connectivity index (χ0) is 16.8. The third-order valence-electron chi connectivity index (χ3n) is 4.33. The Balaban J connectivity index is 2.99. The molecule has 0 aromatic carbocycles. The molecule has 0 heterocycles. The van der Waals surface area contributed by atoms with Crippen LogP contribution in [-0.4, -0.2) is 36.5 Å². The summed E-state index contributed by atoms with van der Waals surface area (Å²) in [7, 11) is 1.34. The van der Waals surface area contributed by atoms with Crippen LogP contribution in [0.3, 0.4) is 0 Å². The topological polar surface area (TPSA) is 70.4 Å². The van der Waals surface area contributed by atoms with Crippen molar-refractivity contribution in [3.8, 4) is 6.07 Å². The van der Waals surface area contributed by atoms with E-state index in [1.807, 2.05) is 0 Å². The van der Waals surface area contributed by atoms with E-state index in [1.54, 1.807) is 6.07 Å². The van der Waals surface area contributed by atoms with Crippen LogP contribution in [0, 0.1) is 22.7 Å². The molecule has 0 aromatic rings. The van der Waals surface area contributed by atoms with Gasteiger partial charge in [0.15, 0.2) is 6.07 Å². The molecule has 0 aliphatic heterocycles. The summed E-state index contributed by atoms with van der Waals surface area (Å²) in [5.41, 5.74) is 0.0290. The fourth-order valence-corrected chi connectivity index (χ4v) is 3.03. The van der Waals surface area contributed by atoms with Gasteiger partial charge in [-0.1, -0.05) is 40.0 Å². The van der Waals surface area contributed by atoms with Crippen molar-refractivity contribution >= 4 is 11.9 Å². The Bertz CT molecular complexity index is 428. The molecule has 1 unspecified atom stereocenters. The number of methoxy groups -OCH3 is 1. The molecule has 1 fully saturated rings. The van der Waals surface area contributed by atoms with E-state index in [1.165, 1.54) is 18.4 Å². The number of nitrogens with zero attached hydrogens (tertiary/aromatic N) is 2. The Morgan fingerprint density at radius 3 is 2.32 bits per heavy atom. The van der Waals surface area contributed by atoms with Crippen LogP contribution in [0.25, 0.3) is 0 Å². The molecule has 1 saturated carbocycles. The van der Waals surface area contributed by atoms with Crippen LogP contribution in [0.15, 0.2) is 0 Å². The number of amides is 1. The van der Waals surface area contributed by atoms with Gasteiger partial charge in [-0.3, -0.25) is 4.79 Å². The highest BCUT2D eigenvalue weighted by Crippen LogP contribution is 2.31. The minimum absolute atomic E-state index is 0.0290. The zero-order valence-electron chi connectivity index (χ0n) is 14.2. The Kier molecular flexibility index (Phi) is 6.86. The van der Waals surface area contributed by atoms with Crippen LogP contribution in [0.1, 0.15) is 59.3 Å². The van der Waals surface area contributed by atoms with Gasteiger partial charge in [0.25, 0.3) is 0 Å². The highest BCUT2D eigenvalue weighted by atomic mass is 16.5. The summed E-state index contributed by atoms with van der Waals surface area (Å²) in [5, 5.41) is 9.04. The lowest BCUT2D eigenvalue weighted by molar-refractivity contribution is -0.154. The molecule has 22 heavy (non-hydrogen) atoms. The maximum atomic E-state index is 12.3. The summed E-state index contributed by atoms with van der Waals surface area (Å²) in [6.07, 6.45) is 5.84. The first kappa shape index (κ1) is 18.5. The zero-order valence-corrected chi connectivity index (χ0v) is 14.2. The van der Waals surface area contributed by atoms with Crippen LogP contribution in [0.5, 0.6) is 0 Å². The van der Waals surface area contributed by atoms with Crippen molar-refractivity contribution < 1.29 is 14.3 Å². The van der Waals surface area contributed by atoms with Gasteiger partial charge in [-0.2, -0.15) is 5.26 Å². The number of carbonyl (C=O) groups excluding carboxylic acids is 2. The highest BCUT2D eigenvalue weighted by molar-refractivity contribution is 5.94. The van der Waals surface area contributed by atoms with Crippen molar-refractivity contribution in [2.24, 2.45) is 11.3 Å². The molecule has 0 radical (unpaired) electrons. The molecular weight excluding hydrogens is 280 g/mol. The Morgan fingerprint density at radius 1 is 1.27 bits per heavy atom. The third kappa shape index (κ3) is 5.32. The first-order valence-corrected chi connectivity index (χ1v) is 8.08. The highest BCUT2D eigenvalue weighted by Gasteiger charge is 2.38. The molecule has 5 heteroatoms. The van der Waals surface area contributed by atoms with E-state index < -0.39 is 17.9 Å². The van der Waals surface area contributed by atoms with E-state index >= 15 is 0 Å². The standard InChI is InChI=1S/C17H28N2O3/c1-17(2,3)10-11-19(14(20)12-18)15(16(21)22-4)13-8-6-5-7-9-13/h13,15H,5-11H2,1-4H3. The van der Waals surface area contributed by atoms with Crippen LogP contribution < -0.4 is 0 Å². The van der Waals surface area contributed by atoms with Crippen LogP contribution in [0.4, 0.5) is 0 Å². The first-order chi connectivity index (χ1) is 10.3. The molecule has 1 rings (SSSR count). The lowest BCUT2D eigenvalue weighted by Crippen LogP contribution is -2.50. The summed E-state index contributed by atoms with van der Waals surface area (Å²) in [5.74, 6) is -0.937. The normalized spacial score (nSPS) is 17.4. The van der Waals surface area contributed by atoms with Gasteiger partial charge in [-0.25, -0.2) is 4.79 Å². The minimum Gasteiger partial charge on any atom is -0.467 e. The number of rotatable bonds is 5. The maximum Gasteiger partial charge on any atom is 0.328 e. The van der Waals surface area contributed by atoms with Crippen molar-refractivity contribution in [2.75, 3.05) is 13.7 Å². The van der Waals surface area contributed by atoms with E-state index in [-0.39, 0.29) is 11.3 Å². The van der Waals surface area contributed by atoms with Crippen LogP contribution in [0.2, 0.25) is 0 Å². The van der Waals surface area contributed by atoms with Gasteiger partial charge in [0, 0.05) is 6.54 Å². The molecule has 0 saturated heterocycles. The predicted octanol–water partition coefficient (Wildman–Crippen LogP) is 2.90. The molecule has 0 spiro atoms. The van der Waals surface area contributed by atoms with E-state index in [0.717, 1.165) is 32.1 Å². The summed E-state index contributed by atoms with van der Waals surface area (Å²) < 4.78 is 4.93. The summed E-state index contributed by atoms with van der Waals surface area (Å²) in [4.78, 5) is 25.8. The molecule has 124 valence electrons. The van der Waals surface area contributed by atoms with E-state index in [0.29, 0.717) is 6.54 Å². The fourth-order valence-electron chi connectivity index (χ4n) is 3.03. The van der Waals surface area contributed by atoms with Crippen molar-refractivity contribution in [2.45, 2.75) is 65.3 Å². The number of nitriles is 1. The molecular formula is C17H28N2O3. The number of ether oxygens (including phenoxy) is 1. The Labute approximate surface area is 133 Å². The molecule has 5 nitrogen and oxygen atoms in total. The molecule has 1 aliphatic carbocycles. The lowest BCUT2D eigenvalue weighted by Gasteiger charge is -2.36. The summed E-state index contributed by atoms with van der Waals surface area (Å²) in [6.45, 7) is 6.65. The molecule has 0 bridgehead atoms. The Morgan fingerprint density at radius 2 is 1.86 bits per heavy atom. The van der Waals surface area contributed by atoms with E-state index in [2.05, 4.69) is 20.8 Å². The van der Waals surface area contributed by atoms with Gasteiger partial charge in [-0.05, 0) is 30.6 Å². The Hall–Kier alpha value is -1.57. The summed E-state index contributed by atoms with van der Waals surface area (Å²) in [6, 6.07) is 1.05. The smallest absolute Gasteiger partial charge is 0.328 e.